The molecule has 1 aliphatic heterocycles. The van der Waals surface area contributed by atoms with Gasteiger partial charge in [0.2, 0.25) is 12.7 Å². The van der Waals surface area contributed by atoms with Gasteiger partial charge in [0.05, 0.1) is 6.42 Å². The van der Waals surface area contributed by atoms with Crippen LogP contribution in [0.15, 0.2) is 23.3 Å². The lowest BCUT2D eigenvalue weighted by atomic mass is 10.2. The topological polar surface area (TPSA) is 118 Å². The van der Waals surface area contributed by atoms with Gasteiger partial charge in [0.15, 0.2) is 11.5 Å². The van der Waals surface area contributed by atoms with Crippen molar-refractivity contribution in [2.24, 2.45) is 5.10 Å². The predicted octanol–water partition coefficient (Wildman–Crippen LogP) is 1.15. The quantitative estimate of drug-likeness (QED) is 0.399. The number of hydrazone groups is 1. The summed E-state index contributed by atoms with van der Waals surface area (Å²) < 4.78 is 10.4. The Morgan fingerprint density at radius 1 is 1.19 bits per heavy atom. The summed E-state index contributed by atoms with van der Waals surface area (Å²) >= 11 is 0. The number of anilines is 1. The van der Waals surface area contributed by atoms with Gasteiger partial charge in [-0.15, -0.1) is 0 Å². The Kier molecular flexibility index (Phi) is 6.54. The highest BCUT2D eigenvalue weighted by molar-refractivity contribution is 6.35. The van der Waals surface area contributed by atoms with Crippen molar-refractivity contribution in [1.29, 1.82) is 0 Å². The van der Waals surface area contributed by atoms with E-state index in [2.05, 4.69) is 21.2 Å². The van der Waals surface area contributed by atoms with Crippen molar-refractivity contribution in [3.63, 3.8) is 0 Å². The second kappa shape index (κ2) is 8.84. The summed E-state index contributed by atoms with van der Waals surface area (Å²) in [4.78, 5) is 35.2. The average Bonchev–Trinajstić information content (AvgIpc) is 3.06. The molecule has 3 N–H and O–H groups in total. The van der Waals surface area contributed by atoms with Gasteiger partial charge >= 0.3 is 11.8 Å². The van der Waals surface area contributed by atoms with Crippen LogP contribution in [-0.4, -0.2) is 36.3 Å². The third kappa shape index (κ3) is 5.47. The predicted molar refractivity (Wildman–Crippen MR) is 95.0 cm³/mol. The molecular formula is C17H22N4O5. The number of hydrogen-bond acceptors (Lipinski definition) is 6. The van der Waals surface area contributed by atoms with E-state index in [1.54, 1.807) is 32.0 Å². The van der Waals surface area contributed by atoms with Crippen LogP contribution < -0.4 is 25.5 Å². The van der Waals surface area contributed by atoms with Gasteiger partial charge in [-0.2, -0.15) is 5.10 Å². The molecule has 0 saturated carbocycles. The summed E-state index contributed by atoms with van der Waals surface area (Å²) in [6.07, 6.45) is 0.670. The van der Waals surface area contributed by atoms with E-state index in [1.165, 1.54) is 0 Å². The van der Waals surface area contributed by atoms with Crippen molar-refractivity contribution < 1.29 is 23.9 Å². The number of carbonyl (C=O) groups is 3. The Morgan fingerprint density at radius 3 is 2.65 bits per heavy atom. The molecule has 3 amide bonds. The fourth-order valence-corrected chi connectivity index (χ4v) is 2.04. The Hall–Kier alpha value is -3.10. The van der Waals surface area contributed by atoms with Crippen LogP contribution in [0, 0.1) is 0 Å². The van der Waals surface area contributed by atoms with Gasteiger partial charge in [0.1, 0.15) is 0 Å². The van der Waals surface area contributed by atoms with Gasteiger partial charge in [-0.3, -0.25) is 14.4 Å². The monoisotopic (exact) mass is 362 g/mol. The SMILES string of the molecule is CC[C@H](C)NC(=O)C(=O)N/N=C(/C)CC(=O)Nc1ccc2c(c1)OCO2. The average molecular weight is 362 g/mol. The smallest absolute Gasteiger partial charge is 0.329 e. The number of rotatable bonds is 6. The van der Waals surface area contributed by atoms with Gasteiger partial charge in [-0.25, -0.2) is 5.43 Å². The summed E-state index contributed by atoms with van der Waals surface area (Å²) in [7, 11) is 0. The van der Waals surface area contributed by atoms with Crippen molar-refractivity contribution in [2.45, 2.75) is 39.7 Å². The summed E-state index contributed by atoms with van der Waals surface area (Å²) in [6.45, 7) is 5.42. The third-order valence-corrected chi connectivity index (χ3v) is 3.62. The van der Waals surface area contributed by atoms with Crippen LogP contribution in [0.1, 0.15) is 33.6 Å². The fraction of sp³-hybridized carbons (Fsp3) is 0.412. The Bertz CT molecular complexity index is 732. The van der Waals surface area contributed by atoms with E-state index < -0.39 is 11.8 Å². The minimum Gasteiger partial charge on any atom is -0.454 e. The summed E-state index contributed by atoms with van der Waals surface area (Å²) in [5.41, 5.74) is 3.05. The van der Waals surface area contributed by atoms with Crippen molar-refractivity contribution in [3.8, 4) is 11.5 Å². The van der Waals surface area contributed by atoms with E-state index in [0.717, 1.165) is 0 Å². The molecule has 1 heterocycles. The van der Waals surface area contributed by atoms with Crippen molar-refractivity contribution in [2.75, 3.05) is 12.1 Å². The van der Waals surface area contributed by atoms with Gasteiger partial charge in [-0.1, -0.05) is 6.92 Å². The molecule has 9 heteroatoms. The molecule has 9 nitrogen and oxygen atoms in total. The molecule has 140 valence electrons. The van der Waals surface area contributed by atoms with Crippen molar-refractivity contribution in [3.05, 3.63) is 18.2 Å². The zero-order valence-corrected chi connectivity index (χ0v) is 14.9. The second-order valence-corrected chi connectivity index (χ2v) is 5.86. The minimum atomic E-state index is -0.874. The molecule has 2 rings (SSSR count). The summed E-state index contributed by atoms with van der Waals surface area (Å²) in [5.74, 6) is -0.767. The zero-order valence-electron chi connectivity index (χ0n) is 14.9. The molecule has 26 heavy (non-hydrogen) atoms. The highest BCUT2D eigenvalue weighted by Crippen LogP contribution is 2.34. The normalized spacial score (nSPS) is 13.7. The Balaban J connectivity index is 1.81. The van der Waals surface area contributed by atoms with Crippen LogP contribution in [0.2, 0.25) is 0 Å². The number of ether oxygens (including phenoxy) is 2. The van der Waals surface area contributed by atoms with Gasteiger partial charge < -0.3 is 20.1 Å². The Labute approximate surface area is 151 Å². The molecule has 0 radical (unpaired) electrons. The second-order valence-electron chi connectivity index (χ2n) is 5.86. The molecular weight excluding hydrogens is 340 g/mol. The van der Waals surface area contributed by atoms with Crippen LogP contribution in [0.3, 0.4) is 0 Å². The summed E-state index contributed by atoms with van der Waals surface area (Å²) in [5, 5.41) is 8.99. The number of nitrogens with zero attached hydrogens (tertiary/aromatic N) is 1. The molecule has 1 aromatic rings. The van der Waals surface area contributed by atoms with E-state index in [9.17, 15) is 14.4 Å². The number of amides is 3. The van der Waals surface area contributed by atoms with E-state index in [1.807, 2.05) is 6.92 Å². The largest absolute Gasteiger partial charge is 0.454 e. The molecule has 1 aromatic carbocycles. The zero-order chi connectivity index (χ0) is 19.1. The van der Waals surface area contributed by atoms with Gasteiger partial charge in [-0.05, 0) is 32.4 Å². The molecule has 0 spiro atoms. The number of carbonyl (C=O) groups excluding carboxylic acids is 3. The maximum Gasteiger partial charge on any atom is 0.329 e. The highest BCUT2D eigenvalue weighted by Gasteiger charge is 2.16. The lowest BCUT2D eigenvalue weighted by molar-refractivity contribution is -0.139. The van der Waals surface area contributed by atoms with Gasteiger partial charge in [0, 0.05) is 23.5 Å². The van der Waals surface area contributed by atoms with E-state index in [4.69, 9.17) is 9.47 Å². The lowest BCUT2D eigenvalue weighted by Gasteiger charge is -2.10. The van der Waals surface area contributed by atoms with E-state index >= 15 is 0 Å². The van der Waals surface area contributed by atoms with Crippen LogP contribution in [-0.2, 0) is 14.4 Å². The number of benzene rings is 1. The highest BCUT2D eigenvalue weighted by atomic mass is 16.7. The number of nitrogens with one attached hydrogen (secondary N) is 3. The first-order valence-electron chi connectivity index (χ1n) is 8.22. The number of fused-ring (bicyclic) bond motifs is 1. The van der Waals surface area contributed by atoms with Crippen LogP contribution in [0.25, 0.3) is 0 Å². The van der Waals surface area contributed by atoms with Crippen molar-refractivity contribution >= 4 is 29.1 Å². The molecule has 0 bridgehead atoms. The third-order valence-electron chi connectivity index (χ3n) is 3.62. The number of hydrogen-bond donors (Lipinski definition) is 3. The van der Waals surface area contributed by atoms with Gasteiger partial charge in [0.25, 0.3) is 0 Å². The molecule has 1 atom stereocenters. The standard InChI is InChI=1S/C17H22N4O5/c1-4-10(2)18-16(23)17(24)21-20-11(3)7-15(22)19-12-5-6-13-14(8-12)26-9-25-13/h5-6,8,10H,4,7,9H2,1-3H3,(H,18,23)(H,19,22)(H,21,24)/b20-11-/t10-/m0/s1. The van der Waals surface area contributed by atoms with Crippen LogP contribution >= 0.6 is 0 Å². The summed E-state index contributed by atoms with van der Waals surface area (Å²) in [6, 6.07) is 4.95. The maximum atomic E-state index is 12.0. The first-order valence-corrected chi connectivity index (χ1v) is 8.22. The molecule has 0 unspecified atom stereocenters. The molecule has 0 aromatic heterocycles. The van der Waals surface area contributed by atoms with Crippen LogP contribution in [0.5, 0.6) is 11.5 Å². The first-order chi connectivity index (χ1) is 12.4. The van der Waals surface area contributed by atoms with E-state index in [-0.39, 0.29) is 25.2 Å². The van der Waals surface area contributed by atoms with Crippen LogP contribution in [0.4, 0.5) is 5.69 Å². The fourth-order valence-electron chi connectivity index (χ4n) is 2.04. The van der Waals surface area contributed by atoms with Crippen molar-refractivity contribution in [1.82, 2.24) is 10.7 Å². The minimum absolute atomic E-state index is 0.0400. The maximum absolute atomic E-state index is 12.0. The first kappa shape index (κ1) is 19.2. The Morgan fingerprint density at radius 2 is 1.92 bits per heavy atom. The molecule has 0 fully saturated rings. The molecule has 1 aliphatic rings. The van der Waals surface area contributed by atoms with E-state index in [0.29, 0.717) is 29.3 Å². The lowest BCUT2D eigenvalue weighted by Crippen LogP contribution is -2.42. The molecule has 0 aliphatic carbocycles. The molecule has 0 saturated heterocycles.